The van der Waals surface area contributed by atoms with Crippen molar-refractivity contribution in [2.45, 2.75) is 20.8 Å². The van der Waals surface area contributed by atoms with Crippen LogP contribution in [0.15, 0.2) is 30.3 Å². The first-order chi connectivity index (χ1) is 7.72. The average molecular weight is 220 g/mol. The summed E-state index contributed by atoms with van der Waals surface area (Å²) in [5.74, 6) is 0.747. The van der Waals surface area contributed by atoms with E-state index in [-0.39, 0.29) is 0 Å². The number of anilines is 1. The quantitative estimate of drug-likeness (QED) is 0.759. The van der Waals surface area contributed by atoms with Gasteiger partial charge in [-0.1, -0.05) is 39.0 Å². The van der Waals surface area contributed by atoms with Gasteiger partial charge in [-0.25, -0.2) is 0 Å². The molecule has 16 heavy (non-hydrogen) atoms. The highest BCUT2D eigenvalue weighted by atomic mass is 15.1. The van der Waals surface area contributed by atoms with Crippen molar-refractivity contribution in [2.75, 3.05) is 31.5 Å². The third-order valence-electron chi connectivity index (χ3n) is 2.60. The highest BCUT2D eigenvalue weighted by Crippen LogP contribution is 2.04. The molecule has 0 radical (unpaired) electrons. The lowest BCUT2D eigenvalue weighted by Gasteiger charge is -2.22. The smallest absolute Gasteiger partial charge is 0.0340 e. The van der Waals surface area contributed by atoms with Crippen LogP contribution in [0, 0.1) is 5.92 Å². The lowest BCUT2D eigenvalue weighted by Crippen LogP contribution is -2.32. The first-order valence-electron chi connectivity index (χ1n) is 6.23. The summed E-state index contributed by atoms with van der Waals surface area (Å²) >= 11 is 0. The molecule has 1 aromatic rings. The van der Waals surface area contributed by atoms with Crippen molar-refractivity contribution in [3.63, 3.8) is 0 Å². The van der Waals surface area contributed by atoms with Crippen LogP contribution in [0.3, 0.4) is 0 Å². The van der Waals surface area contributed by atoms with E-state index in [0.717, 1.165) is 25.6 Å². The van der Waals surface area contributed by atoms with Gasteiger partial charge in [0.05, 0.1) is 0 Å². The van der Waals surface area contributed by atoms with E-state index >= 15 is 0 Å². The van der Waals surface area contributed by atoms with Gasteiger partial charge in [-0.15, -0.1) is 0 Å². The van der Waals surface area contributed by atoms with Crippen LogP contribution in [0.2, 0.25) is 0 Å². The van der Waals surface area contributed by atoms with Gasteiger partial charge in [0.25, 0.3) is 0 Å². The number of hydrogen-bond acceptors (Lipinski definition) is 2. The molecule has 0 aromatic heterocycles. The maximum Gasteiger partial charge on any atom is 0.0340 e. The van der Waals surface area contributed by atoms with Crippen molar-refractivity contribution in [3.8, 4) is 0 Å². The number of para-hydroxylation sites is 1. The first-order valence-corrected chi connectivity index (χ1v) is 6.23. The van der Waals surface area contributed by atoms with Gasteiger partial charge in [0.15, 0.2) is 0 Å². The normalized spacial score (nSPS) is 11.1. The molecule has 0 heterocycles. The fourth-order valence-corrected chi connectivity index (χ4v) is 1.81. The number of rotatable bonds is 7. The van der Waals surface area contributed by atoms with E-state index < -0.39 is 0 Å². The van der Waals surface area contributed by atoms with Crippen LogP contribution in [-0.4, -0.2) is 31.1 Å². The predicted molar refractivity (Wildman–Crippen MR) is 71.9 cm³/mol. The molecule has 0 spiro atoms. The maximum atomic E-state index is 3.44. The van der Waals surface area contributed by atoms with Crippen LogP contribution >= 0.6 is 0 Å². The van der Waals surface area contributed by atoms with Crippen LogP contribution in [-0.2, 0) is 0 Å². The Kier molecular flexibility index (Phi) is 5.94. The Morgan fingerprint density at radius 2 is 1.88 bits per heavy atom. The van der Waals surface area contributed by atoms with Gasteiger partial charge in [-0.3, -0.25) is 0 Å². The second-order valence-electron chi connectivity index (χ2n) is 4.58. The summed E-state index contributed by atoms with van der Waals surface area (Å²) in [5.41, 5.74) is 1.21. The summed E-state index contributed by atoms with van der Waals surface area (Å²) < 4.78 is 0. The topological polar surface area (TPSA) is 15.3 Å². The molecule has 1 rings (SSSR count). The minimum Gasteiger partial charge on any atom is -0.384 e. The molecule has 0 aliphatic heterocycles. The van der Waals surface area contributed by atoms with Crippen LogP contribution in [0.1, 0.15) is 20.8 Å². The Morgan fingerprint density at radius 3 is 2.44 bits per heavy atom. The average Bonchev–Trinajstić information content (AvgIpc) is 2.28. The van der Waals surface area contributed by atoms with Crippen molar-refractivity contribution < 1.29 is 0 Å². The molecule has 1 aromatic carbocycles. The molecule has 0 aliphatic carbocycles. The van der Waals surface area contributed by atoms with Gasteiger partial charge in [-0.2, -0.15) is 0 Å². The van der Waals surface area contributed by atoms with Gasteiger partial charge in [0, 0.05) is 25.3 Å². The number of nitrogens with one attached hydrogen (secondary N) is 1. The van der Waals surface area contributed by atoms with E-state index in [0.29, 0.717) is 0 Å². The standard InChI is InChI=1S/C14H24N2/c1-4-16(12-13(2)3)11-10-15-14-8-6-5-7-9-14/h5-9,13,15H,4,10-12H2,1-3H3. The molecular weight excluding hydrogens is 196 g/mol. The molecule has 0 aliphatic rings. The molecule has 2 nitrogen and oxygen atoms in total. The minimum atomic E-state index is 0.747. The molecular formula is C14H24N2. The number of nitrogens with zero attached hydrogens (tertiary/aromatic N) is 1. The summed E-state index contributed by atoms with van der Waals surface area (Å²) in [6, 6.07) is 10.4. The predicted octanol–water partition coefficient (Wildman–Crippen LogP) is 3.08. The summed E-state index contributed by atoms with van der Waals surface area (Å²) in [7, 11) is 0. The number of benzene rings is 1. The van der Waals surface area contributed by atoms with Crippen LogP contribution < -0.4 is 5.32 Å². The first kappa shape index (κ1) is 13.0. The highest BCUT2D eigenvalue weighted by Gasteiger charge is 2.03. The van der Waals surface area contributed by atoms with Crippen molar-refractivity contribution >= 4 is 5.69 Å². The zero-order valence-corrected chi connectivity index (χ0v) is 10.7. The molecule has 90 valence electrons. The lowest BCUT2D eigenvalue weighted by atomic mass is 10.2. The third kappa shape index (κ3) is 5.17. The minimum absolute atomic E-state index is 0.747. The van der Waals surface area contributed by atoms with Crippen molar-refractivity contribution in [2.24, 2.45) is 5.92 Å². The van der Waals surface area contributed by atoms with Gasteiger partial charge < -0.3 is 10.2 Å². The van der Waals surface area contributed by atoms with Crippen LogP contribution in [0.5, 0.6) is 0 Å². The maximum absolute atomic E-state index is 3.44. The van der Waals surface area contributed by atoms with Crippen LogP contribution in [0.25, 0.3) is 0 Å². The highest BCUT2D eigenvalue weighted by molar-refractivity contribution is 5.42. The molecule has 0 atom stereocenters. The summed E-state index contributed by atoms with van der Waals surface area (Å²) in [5, 5.41) is 3.44. The van der Waals surface area contributed by atoms with Crippen molar-refractivity contribution in [3.05, 3.63) is 30.3 Å². The Hall–Kier alpha value is -1.02. The Morgan fingerprint density at radius 1 is 1.19 bits per heavy atom. The van der Waals surface area contributed by atoms with Gasteiger partial charge in [0.2, 0.25) is 0 Å². The lowest BCUT2D eigenvalue weighted by molar-refractivity contribution is 0.265. The Labute approximate surface area is 99.7 Å². The monoisotopic (exact) mass is 220 g/mol. The van der Waals surface area contributed by atoms with E-state index in [1.54, 1.807) is 0 Å². The Balaban J connectivity index is 2.23. The zero-order chi connectivity index (χ0) is 11.8. The van der Waals surface area contributed by atoms with E-state index in [4.69, 9.17) is 0 Å². The van der Waals surface area contributed by atoms with Crippen molar-refractivity contribution in [1.29, 1.82) is 0 Å². The molecule has 0 amide bonds. The van der Waals surface area contributed by atoms with Gasteiger partial charge in [-0.05, 0) is 24.6 Å². The van der Waals surface area contributed by atoms with Crippen molar-refractivity contribution in [1.82, 2.24) is 4.90 Å². The molecule has 0 saturated heterocycles. The largest absolute Gasteiger partial charge is 0.384 e. The molecule has 0 unspecified atom stereocenters. The summed E-state index contributed by atoms with van der Waals surface area (Å²) in [6.07, 6.45) is 0. The van der Waals surface area contributed by atoms with E-state index in [2.05, 4.69) is 55.3 Å². The number of likely N-dealkylation sites (N-methyl/N-ethyl adjacent to an activating group) is 1. The van der Waals surface area contributed by atoms with Crippen LogP contribution in [0.4, 0.5) is 5.69 Å². The second-order valence-corrected chi connectivity index (χ2v) is 4.58. The fourth-order valence-electron chi connectivity index (χ4n) is 1.81. The molecule has 1 N–H and O–H groups in total. The Bertz CT molecular complexity index is 269. The van der Waals surface area contributed by atoms with E-state index in [1.807, 2.05) is 6.07 Å². The summed E-state index contributed by atoms with van der Waals surface area (Å²) in [4.78, 5) is 2.49. The molecule has 0 fully saturated rings. The molecule has 0 bridgehead atoms. The number of hydrogen-bond donors (Lipinski definition) is 1. The van der Waals surface area contributed by atoms with E-state index in [1.165, 1.54) is 12.2 Å². The molecule has 2 heteroatoms. The third-order valence-corrected chi connectivity index (χ3v) is 2.60. The molecule has 0 saturated carbocycles. The second kappa shape index (κ2) is 7.29. The summed E-state index contributed by atoms with van der Waals surface area (Å²) in [6.45, 7) is 11.2. The van der Waals surface area contributed by atoms with Gasteiger partial charge in [0.1, 0.15) is 0 Å². The zero-order valence-electron chi connectivity index (χ0n) is 10.7. The fraction of sp³-hybridized carbons (Fsp3) is 0.571. The SMILES string of the molecule is CCN(CCNc1ccccc1)CC(C)C. The van der Waals surface area contributed by atoms with E-state index in [9.17, 15) is 0 Å². The van der Waals surface area contributed by atoms with Gasteiger partial charge >= 0.3 is 0 Å².